The van der Waals surface area contributed by atoms with E-state index in [0.29, 0.717) is 29.5 Å². The van der Waals surface area contributed by atoms with E-state index in [1.165, 1.54) is 10.4 Å². The van der Waals surface area contributed by atoms with Gasteiger partial charge in [-0.3, -0.25) is 4.79 Å². The van der Waals surface area contributed by atoms with E-state index in [1.54, 1.807) is 44.2 Å². The Bertz CT molecular complexity index is 957. The van der Waals surface area contributed by atoms with E-state index in [9.17, 15) is 13.2 Å². The lowest BCUT2D eigenvalue weighted by atomic mass is 10.1. The highest BCUT2D eigenvalue weighted by molar-refractivity contribution is 7.89. The number of carbonyl (C=O) groups excluding carboxylic acids is 1. The smallest absolute Gasteiger partial charge is 0.262 e. The molecule has 6 nitrogen and oxygen atoms in total. The summed E-state index contributed by atoms with van der Waals surface area (Å²) in [7, 11) is -3.62. The lowest BCUT2D eigenvalue weighted by molar-refractivity contribution is -0.118. The van der Waals surface area contributed by atoms with Crippen LogP contribution in [0.5, 0.6) is 5.75 Å². The monoisotopic (exact) mass is 424 g/mol. The Labute approximate surface area is 171 Å². The largest absolute Gasteiger partial charge is 0.484 e. The number of amides is 1. The number of aryl methyl sites for hydroxylation is 1. The van der Waals surface area contributed by atoms with Gasteiger partial charge in [0.15, 0.2) is 6.61 Å². The molecular formula is C20H25ClN2O4S. The highest BCUT2D eigenvalue weighted by Crippen LogP contribution is 2.26. The summed E-state index contributed by atoms with van der Waals surface area (Å²) >= 11 is 5.90. The summed E-state index contributed by atoms with van der Waals surface area (Å²) in [6.45, 7) is 7.76. The second-order valence-electron chi connectivity index (χ2n) is 6.30. The van der Waals surface area contributed by atoms with Crippen LogP contribution in [0.25, 0.3) is 0 Å². The van der Waals surface area contributed by atoms with Crippen LogP contribution in [-0.2, 0) is 14.8 Å². The summed E-state index contributed by atoms with van der Waals surface area (Å²) in [6, 6.07) is 9.87. The fourth-order valence-corrected chi connectivity index (χ4v) is 4.46. The average Bonchev–Trinajstić information content (AvgIpc) is 2.64. The fourth-order valence-electron chi connectivity index (χ4n) is 2.71. The van der Waals surface area contributed by atoms with E-state index in [4.69, 9.17) is 16.3 Å². The van der Waals surface area contributed by atoms with Crippen molar-refractivity contribution in [2.45, 2.75) is 32.6 Å². The Kier molecular flexibility index (Phi) is 7.46. The number of halogens is 1. The van der Waals surface area contributed by atoms with Gasteiger partial charge in [-0.25, -0.2) is 8.42 Å². The second kappa shape index (κ2) is 9.41. The molecule has 0 unspecified atom stereocenters. The summed E-state index contributed by atoms with van der Waals surface area (Å²) in [5.74, 6) is 0.0910. The first-order valence-electron chi connectivity index (χ1n) is 8.98. The average molecular weight is 425 g/mol. The molecule has 0 aliphatic rings. The molecule has 1 N–H and O–H groups in total. The van der Waals surface area contributed by atoms with Gasteiger partial charge in [-0.2, -0.15) is 4.31 Å². The van der Waals surface area contributed by atoms with Crippen molar-refractivity contribution in [2.24, 2.45) is 0 Å². The number of hydrogen-bond acceptors (Lipinski definition) is 4. The molecule has 0 fully saturated rings. The lowest BCUT2D eigenvalue weighted by Crippen LogP contribution is -2.31. The Morgan fingerprint density at radius 3 is 2.43 bits per heavy atom. The molecule has 0 heterocycles. The molecule has 2 aromatic carbocycles. The van der Waals surface area contributed by atoms with Crippen LogP contribution in [0.1, 0.15) is 25.0 Å². The first-order chi connectivity index (χ1) is 13.2. The normalized spacial score (nSPS) is 11.5. The molecule has 0 atom stereocenters. The summed E-state index contributed by atoms with van der Waals surface area (Å²) in [4.78, 5) is 12.5. The van der Waals surface area contributed by atoms with Gasteiger partial charge in [-0.1, -0.05) is 31.5 Å². The number of benzene rings is 2. The van der Waals surface area contributed by atoms with Crippen LogP contribution in [0.15, 0.2) is 41.3 Å². The Morgan fingerprint density at radius 2 is 1.82 bits per heavy atom. The van der Waals surface area contributed by atoms with Crippen molar-refractivity contribution in [1.82, 2.24) is 4.31 Å². The highest BCUT2D eigenvalue weighted by Gasteiger charge is 2.23. The van der Waals surface area contributed by atoms with Crippen LogP contribution in [0.3, 0.4) is 0 Å². The summed E-state index contributed by atoms with van der Waals surface area (Å²) in [6.07, 6.45) is 0. The van der Waals surface area contributed by atoms with Gasteiger partial charge in [0.25, 0.3) is 5.91 Å². The van der Waals surface area contributed by atoms with Gasteiger partial charge in [0.2, 0.25) is 10.0 Å². The number of sulfonamides is 1. The van der Waals surface area contributed by atoms with Crippen LogP contribution in [0, 0.1) is 13.8 Å². The molecule has 0 aromatic heterocycles. The van der Waals surface area contributed by atoms with Crippen molar-refractivity contribution in [3.8, 4) is 5.75 Å². The van der Waals surface area contributed by atoms with Crippen LogP contribution in [-0.4, -0.2) is 38.3 Å². The second-order valence-corrected chi connectivity index (χ2v) is 8.67. The van der Waals surface area contributed by atoms with Crippen molar-refractivity contribution in [3.05, 3.63) is 52.5 Å². The van der Waals surface area contributed by atoms with Crippen LogP contribution in [0.2, 0.25) is 5.02 Å². The molecule has 2 aromatic rings. The molecule has 0 saturated carbocycles. The topological polar surface area (TPSA) is 75.7 Å². The summed E-state index contributed by atoms with van der Waals surface area (Å²) in [5, 5.41) is 3.26. The molecule has 2 rings (SSSR count). The van der Waals surface area contributed by atoms with E-state index in [2.05, 4.69) is 5.32 Å². The maximum atomic E-state index is 12.8. The molecule has 152 valence electrons. The molecule has 8 heteroatoms. The number of carbonyl (C=O) groups is 1. The van der Waals surface area contributed by atoms with Crippen molar-refractivity contribution < 1.29 is 17.9 Å². The summed E-state index contributed by atoms with van der Waals surface area (Å²) in [5.41, 5.74) is 2.03. The molecule has 0 bridgehead atoms. The van der Waals surface area contributed by atoms with Gasteiger partial charge < -0.3 is 10.1 Å². The zero-order valence-electron chi connectivity index (χ0n) is 16.5. The quantitative estimate of drug-likeness (QED) is 0.694. The number of nitrogens with one attached hydrogen (secondary N) is 1. The van der Waals surface area contributed by atoms with Gasteiger partial charge in [-0.15, -0.1) is 0 Å². The SMILES string of the molecule is CCN(CC)S(=O)(=O)c1cc(C)c(C)c(NC(=O)COc2cccc(Cl)c2)c1. The minimum atomic E-state index is -3.62. The molecule has 0 saturated heterocycles. The number of ether oxygens (including phenoxy) is 1. The predicted molar refractivity (Wildman–Crippen MR) is 112 cm³/mol. The van der Waals surface area contributed by atoms with E-state index in [-0.39, 0.29) is 17.4 Å². The minimum Gasteiger partial charge on any atom is -0.484 e. The van der Waals surface area contributed by atoms with Crippen molar-refractivity contribution in [3.63, 3.8) is 0 Å². The van der Waals surface area contributed by atoms with Gasteiger partial charge in [0.05, 0.1) is 4.90 Å². The third-order valence-electron chi connectivity index (χ3n) is 4.42. The van der Waals surface area contributed by atoms with Gasteiger partial charge in [-0.05, 0) is 55.3 Å². The van der Waals surface area contributed by atoms with E-state index >= 15 is 0 Å². The van der Waals surface area contributed by atoms with Crippen molar-refractivity contribution in [1.29, 1.82) is 0 Å². The molecule has 28 heavy (non-hydrogen) atoms. The van der Waals surface area contributed by atoms with Gasteiger partial charge >= 0.3 is 0 Å². The van der Waals surface area contributed by atoms with Crippen LogP contribution in [0.4, 0.5) is 5.69 Å². The minimum absolute atomic E-state index is 0.158. The maximum absolute atomic E-state index is 12.8. The predicted octanol–water partition coefficient (Wildman–Crippen LogP) is 4.00. The van der Waals surface area contributed by atoms with Gasteiger partial charge in [0.1, 0.15) is 5.75 Å². The van der Waals surface area contributed by atoms with E-state index in [1.807, 2.05) is 13.8 Å². The zero-order valence-corrected chi connectivity index (χ0v) is 18.0. The first-order valence-corrected chi connectivity index (χ1v) is 10.8. The van der Waals surface area contributed by atoms with Crippen molar-refractivity contribution >= 4 is 33.2 Å². The highest BCUT2D eigenvalue weighted by atomic mass is 35.5. The Balaban J connectivity index is 2.21. The van der Waals surface area contributed by atoms with E-state index < -0.39 is 10.0 Å². The molecular weight excluding hydrogens is 400 g/mol. The van der Waals surface area contributed by atoms with Crippen molar-refractivity contribution in [2.75, 3.05) is 25.0 Å². The fraction of sp³-hybridized carbons (Fsp3) is 0.350. The number of nitrogens with zero attached hydrogens (tertiary/aromatic N) is 1. The number of rotatable bonds is 8. The zero-order chi connectivity index (χ0) is 20.9. The third-order valence-corrected chi connectivity index (χ3v) is 6.69. The van der Waals surface area contributed by atoms with Crippen LogP contribution >= 0.6 is 11.6 Å². The first kappa shape index (κ1) is 22.2. The van der Waals surface area contributed by atoms with Gasteiger partial charge in [0, 0.05) is 23.8 Å². The number of anilines is 1. The van der Waals surface area contributed by atoms with Crippen LogP contribution < -0.4 is 10.1 Å². The Morgan fingerprint density at radius 1 is 1.14 bits per heavy atom. The molecule has 1 amide bonds. The van der Waals surface area contributed by atoms with E-state index in [0.717, 1.165) is 11.1 Å². The third kappa shape index (κ3) is 5.25. The number of hydrogen-bond donors (Lipinski definition) is 1. The lowest BCUT2D eigenvalue weighted by Gasteiger charge is -2.20. The molecule has 0 radical (unpaired) electrons. The molecule has 0 spiro atoms. The standard InChI is InChI=1S/C20H25ClN2O4S/c1-5-23(6-2)28(25,26)18-10-14(3)15(4)19(12-18)22-20(24)13-27-17-9-7-8-16(21)11-17/h7-12H,5-6,13H2,1-4H3,(H,22,24). The maximum Gasteiger partial charge on any atom is 0.262 e. The molecule has 0 aliphatic heterocycles. The summed E-state index contributed by atoms with van der Waals surface area (Å²) < 4.78 is 32.4. The molecule has 0 aliphatic carbocycles. The Hall–Kier alpha value is -2.09.